The molecule has 0 unspecified atom stereocenters. The predicted molar refractivity (Wildman–Crippen MR) is 111 cm³/mol. The molecule has 0 bridgehead atoms. The summed E-state index contributed by atoms with van der Waals surface area (Å²) in [4.78, 5) is 15.8. The van der Waals surface area contributed by atoms with Crippen molar-refractivity contribution in [3.05, 3.63) is 33.2 Å². The first-order valence-electron chi connectivity index (χ1n) is 9.99. The fraction of sp³-hybridized carbons (Fsp3) is 0.476. The highest BCUT2D eigenvalue weighted by molar-refractivity contribution is 7.16. The van der Waals surface area contributed by atoms with Crippen LogP contribution in [-0.4, -0.2) is 38.3 Å². The number of nitrogens with zero attached hydrogens (tertiary/aromatic N) is 1. The van der Waals surface area contributed by atoms with Crippen molar-refractivity contribution >= 4 is 22.2 Å². The second kappa shape index (κ2) is 7.11. The largest absolute Gasteiger partial charge is 0.492 e. The summed E-state index contributed by atoms with van der Waals surface area (Å²) < 4.78 is 17.1. The zero-order chi connectivity index (χ0) is 20.1. The third kappa shape index (κ3) is 2.93. The van der Waals surface area contributed by atoms with E-state index in [9.17, 15) is 4.79 Å². The molecule has 1 aliphatic carbocycles. The minimum atomic E-state index is -0.358. The van der Waals surface area contributed by atoms with E-state index in [1.54, 1.807) is 18.4 Å². The fourth-order valence-corrected chi connectivity index (χ4v) is 5.98. The number of nitrogens with two attached hydrogens (primary N) is 1. The summed E-state index contributed by atoms with van der Waals surface area (Å²) in [5.41, 5.74) is 9.79. The van der Waals surface area contributed by atoms with Crippen LogP contribution in [0.15, 0.2) is 6.07 Å². The number of likely N-dealkylation sites (N-methyl/N-ethyl adjacent to an activating group) is 1. The van der Waals surface area contributed by atoms with E-state index in [0.717, 1.165) is 60.5 Å². The molecule has 3 heterocycles. The number of ether oxygens (including phenoxy) is 3. The molecule has 0 saturated heterocycles. The molecule has 7 nitrogen and oxygen atoms in total. The molecule has 29 heavy (non-hydrogen) atoms. The molecule has 1 aromatic heterocycles. The summed E-state index contributed by atoms with van der Waals surface area (Å²) in [6.07, 6.45) is 4.94. The summed E-state index contributed by atoms with van der Waals surface area (Å²) in [5, 5.41) is 4.48. The molecule has 1 amide bonds. The number of thiophene rings is 1. The van der Waals surface area contributed by atoms with E-state index < -0.39 is 0 Å². The Morgan fingerprint density at radius 2 is 2.14 bits per heavy atom. The Balaban J connectivity index is 1.60. The molecule has 3 N–H and O–H groups in total. The summed E-state index contributed by atoms with van der Waals surface area (Å²) in [6, 6.07) is 2.05. The Hall–Kier alpha value is -2.45. The number of rotatable bonds is 4. The van der Waals surface area contributed by atoms with Crippen molar-refractivity contribution in [3.8, 4) is 17.2 Å². The Morgan fingerprint density at radius 1 is 1.31 bits per heavy atom. The monoisotopic (exact) mass is 415 g/mol. The highest BCUT2D eigenvalue weighted by Gasteiger charge is 2.35. The first kappa shape index (κ1) is 18.6. The van der Waals surface area contributed by atoms with Crippen molar-refractivity contribution in [1.82, 2.24) is 4.90 Å². The van der Waals surface area contributed by atoms with Crippen molar-refractivity contribution in [3.63, 3.8) is 0 Å². The minimum Gasteiger partial charge on any atom is -0.492 e. The third-order valence-corrected chi connectivity index (χ3v) is 7.30. The summed E-state index contributed by atoms with van der Waals surface area (Å²) in [6.45, 7) is 1.08. The van der Waals surface area contributed by atoms with Gasteiger partial charge < -0.3 is 25.3 Å². The van der Waals surface area contributed by atoms with E-state index in [1.807, 2.05) is 0 Å². The van der Waals surface area contributed by atoms with Gasteiger partial charge in [-0.15, -0.1) is 11.3 Å². The quantitative estimate of drug-likeness (QED) is 0.798. The predicted octanol–water partition coefficient (Wildman–Crippen LogP) is 3.06. The number of fused-ring (bicyclic) bond motifs is 3. The first-order valence-corrected chi connectivity index (χ1v) is 10.8. The maximum atomic E-state index is 12.3. The van der Waals surface area contributed by atoms with Gasteiger partial charge in [-0.2, -0.15) is 0 Å². The van der Waals surface area contributed by atoms with Gasteiger partial charge in [0.15, 0.2) is 11.5 Å². The molecule has 0 fully saturated rings. The summed E-state index contributed by atoms with van der Waals surface area (Å²) >= 11 is 1.66. The number of nitrogens with one attached hydrogen (secondary N) is 1. The molecule has 1 aromatic carbocycles. The molecule has 2 aromatic rings. The Kier molecular flexibility index (Phi) is 4.55. The zero-order valence-electron chi connectivity index (χ0n) is 16.7. The van der Waals surface area contributed by atoms with E-state index in [1.165, 1.54) is 10.4 Å². The van der Waals surface area contributed by atoms with Crippen LogP contribution in [0.3, 0.4) is 0 Å². The van der Waals surface area contributed by atoms with Crippen molar-refractivity contribution in [1.29, 1.82) is 0 Å². The average Bonchev–Trinajstić information content (AvgIpc) is 3.32. The number of amides is 1. The smallest absolute Gasteiger partial charge is 0.251 e. The maximum absolute atomic E-state index is 12.3. The molecule has 8 heteroatoms. The van der Waals surface area contributed by atoms with Crippen LogP contribution >= 0.6 is 11.3 Å². The van der Waals surface area contributed by atoms with Crippen LogP contribution < -0.4 is 25.3 Å². The maximum Gasteiger partial charge on any atom is 0.251 e. The fourth-order valence-electron chi connectivity index (χ4n) is 4.67. The normalized spacial score (nSPS) is 20.1. The topological polar surface area (TPSA) is 86.0 Å². The van der Waals surface area contributed by atoms with Gasteiger partial charge in [-0.05, 0) is 56.3 Å². The molecule has 0 spiro atoms. The molecule has 2 aliphatic heterocycles. The average molecular weight is 416 g/mol. The highest BCUT2D eigenvalue weighted by Crippen LogP contribution is 2.50. The van der Waals surface area contributed by atoms with Crippen LogP contribution in [0.5, 0.6) is 17.2 Å². The van der Waals surface area contributed by atoms with Crippen LogP contribution in [0, 0.1) is 0 Å². The van der Waals surface area contributed by atoms with Crippen LogP contribution in [0.2, 0.25) is 0 Å². The number of primary amides is 1. The SMILES string of the molecule is COc1c2c(cc3c1[C@H](Nc1sc4c(c1C(N)=O)CCCC4)N(C)CC3)OCO2. The van der Waals surface area contributed by atoms with Gasteiger partial charge in [0.25, 0.3) is 5.91 Å². The van der Waals surface area contributed by atoms with Crippen molar-refractivity contribution in [2.75, 3.05) is 32.8 Å². The van der Waals surface area contributed by atoms with Gasteiger partial charge in [-0.25, -0.2) is 0 Å². The number of hydrogen-bond acceptors (Lipinski definition) is 7. The zero-order valence-corrected chi connectivity index (χ0v) is 17.5. The lowest BCUT2D eigenvalue weighted by molar-refractivity contribution is 0.1000. The van der Waals surface area contributed by atoms with Gasteiger partial charge in [0.2, 0.25) is 12.5 Å². The van der Waals surface area contributed by atoms with E-state index >= 15 is 0 Å². The van der Waals surface area contributed by atoms with Crippen molar-refractivity contribution < 1.29 is 19.0 Å². The van der Waals surface area contributed by atoms with Gasteiger partial charge in [0.1, 0.15) is 11.2 Å². The standard InChI is InChI=1S/C21H25N3O4S/c1-24-8-7-11-9-13-17(28-10-27-13)18(26-2)15(11)20(24)23-21-16(19(22)25)12-5-3-4-6-14(12)29-21/h9,20,23H,3-8,10H2,1-2H3,(H2,22,25)/t20-/m1/s1. The number of anilines is 1. The van der Waals surface area contributed by atoms with Gasteiger partial charge in [-0.1, -0.05) is 0 Å². The number of methoxy groups -OCH3 is 1. The van der Waals surface area contributed by atoms with Gasteiger partial charge in [0.05, 0.1) is 12.7 Å². The van der Waals surface area contributed by atoms with E-state index in [4.69, 9.17) is 19.9 Å². The lowest BCUT2D eigenvalue weighted by Gasteiger charge is -2.36. The summed E-state index contributed by atoms with van der Waals surface area (Å²) in [5.74, 6) is 1.71. The number of carbonyl (C=O) groups excluding carboxylic acids is 1. The van der Waals surface area contributed by atoms with Crippen LogP contribution in [0.4, 0.5) is 5.00 Å². The molecule has 0 saturated carbocycles. The Labute approximate surface area is 173 Å². The molecular formula is C21H25N3O4S. The van der Waals surface area contributed by atoms with Crippen LogP contribution in [-0.2, 0) is 19.3 Å². The summed E-state index contributed by atoms with van der Waals surface area (Å²) in [7, 11) is 3.73. The molecular weight excluding hydrogens is 390 g/mol. The lowest BCUT2D eigenvalue weighted by Crippen LogP contribution is -2.37. The molecule has 154 valence electrons. The number of hydrogen-bond donors (Lipinski definition) is 2. The lowest BCUT2D eigenvalue weighted by atomic mass is 9.94. The van der Waals surface area contributed by atoms with Gasteiger partial charge in [-0.3, -0.25) is 9.69 Å². The van der Waals surface area contributed by atoms with Crippen molar-refractivity contribution in [2.45, 2.75) is 38.3 Å². The van der Waals surface area contributed by atoms with E-state index in [2.05, 4.69) is 23.3 Å². The van der Waals surface area contributed by atoms with Crippen LogP contribution in [0.1, 0.15) is 50.9 Å². The second-order valence-corrected chi connectivity index (χ2v) is 8.88. The minimum absolute atomic E-state index is 0.151. The molecule has 0 radical (unpaired) electrons. The number of aryl methyl sites for hydroxylation is 1. The van der Waals surface area contributed by atoms with Gasteiger partial charge in [0, 0.05) is 17.0 Å². The van der Waals surface area contributed by atoms with E-state index in [0.29, 0.717) is 17.1 Å². The molecule has 3 aliphatic rings. The molecule has 5 rings (SSSR count). The highest BCUT2D eigenvalue weighted by atomic mass is 32.1. The molecule has 1 atom stereocenters. The Bertz CT molecular complexity index is 987. The van der Waals surface area contributed by atoms with Gasteiger partial charge >= 0.3 is 0 Å². The third-order valence-electron chi connectivity index (χ3n) is 6.08. The number of carbonyl (C=O) groups is 1. The van der Waals surface area contributed by atoms with Crippen molar-refractivity contribution in [2.24, 2.45) is 5.73 Å². The second-order valence-electron chi connectivity index (χ2n) is 7.77. The Morgan fingerprint density at radius 3 is 2.93 bits per heavy atom. The number of benzene rings is 1. The van der Waals surface area contributed by atoms with Crippen LogP contribution in [0.25, 0.3) is 0 Å². The first-order chi connectivity index (χ1) is 14.1. The van der Waals surface area contributed by atoms with E-state index in [-0.39, 0.29) is 18.9 Å².